The minimum absolute atomic E-state index is 0.255. The Labute approximate surface area is 147 Å². The van der Waals surface area contributed by atoms with Crippen LogP contribution in [0.4, 0.5) is 5.82 Å². The van der Waals surface area contributed by atoms with Crippen LogP contribution >= 0.6 is 0 Å². The maximum Gasteiger partial charge on any atom is 0.262 e. The minimum atomic E-state index is -0.533. The van der Waals surface area contributed by atoms with Gasteiger partial charge in [0.25, 0.3) is 11.8 Å². The van der Waals surface area contributed by atoms with Gasteiger partial charge in [-0.3, -0.25) is 23.9 Å². The van der Waals surface area contributed by atoms with Gasteiger partial charge in [-0.15, -0.1) is 0 Å². The molecule has 128 valence electrons. The highest BCUT2D eigenvalue weighted by Gasteiger charge is 2.36. The zero-order valence-electron chi connectivity index (χ0n) is 13.4. The fraction of sp³-hybridized carbons (Fsp3) is 0.0588. The highest BCUT2D eigenvalue weighted by atomic mass is 16.2. The van der Waals surface area contributed by atoms with Gasteiger partial charge in [0, 0.05) is 18.5 Å². The second-order valence-electron chi connectivity index (χ2n) is 5.52. The molecule has 1 aromatic carbocycles. The van der Waals surface area contributed by atoms with E-state index in [4.69, 9.17) is 0 Å². The second-order valence-corrected chi connectivity index (χ2v) is 5.52. The van der Waals surface area contributed by atoms with E-state index < -0.39 is 24.3 Å². The van der Waals surface area contributed by atoms with E-state index in [2.05, 4.69) is 20.3 Å². The van der Waals surface area contributed by atoms with Crippen molar-refractivity contribution < 1.29 is 14.4 Å². The predicted octanol–water partition coefficient (Wildman–Crippen LogP) is 0.897. The van der Waals surface area contributed by atoms with Crippen LogP contribution in [0.2, 0.25) is 0 Å². The predicted molar refractivity (Wildman–Crippen MR) is 89.6 cm³/mol. The summed E-state index contributed by atoms with van der Waals surface area (Å²) in [6.45, 7) is -0.392. The molecular formula is C17H12N6O3. The number of carbonyl (C=O) groups excluding carboxylic acids is 3. The van der Waals surface area contributed by atoms with E-state index in [1.807, 2.05) is 0 Å². The highest BCUT2D eigenvalue weighted by molar-refractivity contribution is 6.22. The number of imidazole rings is 1. The van der Waals surface area contributed by atoms with Gasteiger partial charge in [0.05, 0.1) is 11.1 Å². The lowest BCUT2D eigenvalue weighted by molar-refractivity contribution is -0.116. The maximum absolute atomic E-state index is 12.3. The Morgan fingerprint density at radius 2 is 1.81 bits per heavy atom. The lowest BCUT2D eigenvalue weighted by atomic mass is 10.1. The van der Waals surface area contributed by atoms with E-state index in [0.29, 0.717) is 16.9 Å². The molecule has 0 spiro atoms. The summed E-state index contributed by atoms with van der Waals surface area (Å²) in [5, 5.41) is 2.57. The highest BCUT2D eigenvalue weighted by Crippen LogP contribution is 2.22. The Kier molecular flexibility index (Phi) is 3.73. The molecule has 0 saturated heterocycles. The standard InChI is InChI=1S/C17H12N6O3/c24-15(8-23-16(25)11-3-1-2-4-12(11)17(23)26)21-13-7-14(20-9-19-13)22-6-5-18-10-22/h1-7,9-10H,8H2,(H,19,20,21,24). The van der Waals surface area contributed by atoms with Crippen LogP contribution < -0.4 is 5.32 Å². The first-order valence-corrected chi connectivity index (χ1v) is 7.69. The van der Waals surface area contributed by atoms with Gasteiger partial charge in [0.2, 0.25) is 5.91 Å². The molecule has 2 aromatic heterocycles. The topological polar surface area (TPSA) is 110 Å². The van der Waals surface area contributed by atoms with Gasteiger partial charge in [0.1, 0.15) is 30.8 Å². The van der Waals surface area contributed by atoms with Gasteiger partial charge in [-0.05, 0) is 12.1 Å². The molecule has 0 unspecified atom stereocenters. The van der Waals surface area contributed by atoms with E-state index in [1.54, 1.807) is 53.6 Å². The van der Waals surface area contributed by atoms with E-state index in [9.17, 15) is 14.4 Å². The van der Waals surface area contributed by atoms with Crippen LogP contribution in [0, 0.1) is 0 Å². The van der Waals surface area contributed by atoms with Crippen molar-refractivity contribution in [1.82, 2.24) is 24.4 Å². The number of carbonyl (C=O) groups is 3. The Hall–Kier alpha value is -3.88. The number of amides is 3. The maximum atomic E-state index is 12.3. The number of rotatable bonds is 4. The molecule has 9 nitrogen and oxygen atoms in total. The molecule has 0 radical (unpaired) electrons. The molecule has 0 saturated carbocycles. The molecule has 0 bridgehead atoms. The normalized spacial score (nSPS) is 13.0. The van der Waals surface area contributed by atoms with E-state index in [1.165, 1.54) is 6.33 Å². The molecule has 4 rings (SSSR count). The van der Waals surface area contributed by atoms with Crippen LogP contribution in [0.1, 0.15) is 20.7 Å². The lowest BCUT2D eigenvalue weighted by Crippen LogP contribution is -2.37. The fourth-order valence-electron chi connectivity index (χ4n) is 2.66. The number of anilines is 1. The van der Waals surface area contributed by atoms with Crippen molar-refractivity contribution in [3.63, 3.8) is 0 Å². The van der Waals surface area contributed by atoms with Gasteiger partial charge < -0.3 is 5.32 Å². The summed E-state index contributed by atoms with van der Waals surface area (Å²) in [6, 6.07) is 8.03. The summed E-state index contributed by atoms with van der Waals surface area (Å²) in [5.41, 5.74) is 0.601. The van der Waals surface area contributed by atoms with E-state index in [0.717, 1.165) is 4.90 Å². The van der Waals surface area contributed by atoms with E-state index >= 15 is 0 Å². The van der Waals surface area contributed by atoms with E-state index in [-0.39, 0.29) is 5.82 Å². The van der Waals surface area contributed by atoms with Gasteiger partial charge >= 0.3 is 0 Å². The Bertz CT molecular complexity index is 980. The summed E-state index contributed by atoms with van der Waals surface area (Å²) in [7, 11) is 0. The number of aromatic nitrogens is 4. The fourth-order valence-corrected chi connectivity index (χ4v) is 2.66. The van der Waals surface area contributed by atoms with Gasteiger partial charge in [0.15, 0.2) is 0 Å². The van der Waals surface area contributed by atoms with Gasteiger partial charge in [-0.1, -0.05) is 12.1 Å². The first-order valence-electron chi connectivity index (χ1n) is 7.69. The van der Waals surface area contributed by atoms with Crippen LogP contribution in [0.3, 0.4) is 0 Å². The zero-order chi connectivity index (χ0) is 18.1. The Balaban J connectivity index is 1.48. The molecule has 3 aromatic rings. The number of imide groups is 1. The Morgan fingerprint density at radius 3 is 2.46 bits per heavy atom. The number of nitrogens with one attached hydrogen (secondary N) is 1. The van der Waals surface area contributed by atoms with Crippen molar-refractivity contribution in [2.24, 2.45) is 0 Å². The molecule has 1 N–H and O–H groups in total. The first-order chi connectivity index (χ1) is 12.6. The SMILES string of the molecule is O=C(CN1C(=O)c2ccccc2C1=O)Nc1cc(-n2ccnc2)ncn1. The summed E-state index contributed by atoms with van der Waals surface area (Å²) in [6.07, 6.45) is 6.16. The summed E-state index contributed by atoms with van der Waals surface area (Å²) >= 11 is 0. The number of fused-ring (bicyclic) bond motifs is 1. The summed E-state index contributed by atoms with van der Waals surface area (Å²) in [4.78, 5) is 49.8. The van der Waals surface area contributed by atoms with Crippen LogP contribution in [0.25, 0.3) is 5.82 Å². The third-order valence-corrected chi connectivity index (χ3v) is 3.87. The van der Waals surface area contributed by atoms with Crippen LogP contribution in [-0.2, 0) is 4.79 Å². The molecule has 3 heterocycles. The molecule has 3 amide bonds. The van der Waals surface area contributed by atoms with Crippen molar-refractivity contribution in [2.45, 2.75) is 0 Å². The molecule has 9 heteroatoms. The van der Waals surface area contributed by atoms with Crippen LogP contribution in [-0.4, -0.2) is 48.7 Å². The monoisotopic (exact) mass is 348 g/mol. The van der Waals surface area contributed by atoms with Crippen LogP contribution in [0.5, 0.6) is 0 Å². The zero-order valence-corrected chi connectivity index (χ0v) is 13.4. The quantitative estimate of drug-likeness (QED) is 0.701. The van der Waals surface area contributed by atoms with Crippen molar-refractivity contribution >= 4 is 23.5 Å². The molecular weight excluding hydrogens is 336 g/mol. The molecule has 0 aliphatic carbocycles. The third kappa shape index (κ3) is 2.71. The summed E-state index contributed by atoms with van der Waals surface area (Å²) < 4.78 is 1.65. The van der Waals surface area contributed by atoms with Crippen molar-refractivity contribution in [1.29, 1.82) is 0 Å². The number of benzene rings is 1. The van der Waals surface area contributed by atoms with Gasteiger partial charge in [-0.2, -0.15) is 0 Å². The van der Waals surface area contributed by atoms with Crippen molar-refractivity contribution in [3.05, 3.63) is 66.5 Å². The smallest absolute Gasteiger partial charge is 0.262 e. The van der Waals surface area contributed by atoms with Crippen LogP contribution in [0.15, 0.2) is 55.4 Å². The molecule has 1 aliphatic heterocycles. The largest absolute Gasteiger partial charge is 0.309 e. The molecule has 1 aliphatic rings. The Morgan fingerprint density at radius 1 is 1.08 bits per heavy atom. The minimum Gasteiger partial charge on any atom is -0.309 e. The number of nitrogens with zero attached hydrogens (tertiary/aromatic N) is 5. The summed E-state index contributed by atoms with van der Waals surface area (Å²) in [5.74, 6) is -0.723. The van der Waals surface area contributed by atoms with Gasteiger partial charge in [-0.25, -0.2) is 15.0 Å². The average Bonchev–Trinajstić information content (AvgIpc) is 3.26. The number of hydrogen-bond acceptors (Lipinski definition) is 6. The van der Waals surface area contributed by atoms with Crippen molar-refractivity contribution in [2.75, 3.05) is 11.9 Å². The first kappa shape index (κ1) is 15.6. The molecule has 26 heavy (non-hydrogen) atoms. The average molecular weight is 348 g/mol. The lowest BCUT2D eigenvalue weighted by Gasteiger charge is -2.13. The third-order valence-electron chi connectivity index (χ3n) is 3.87. The second kappa shape index (κ2) is 6.20. The molecule has 0 atom stereocenters. The van der Waals surface area contributed by atoms with Crippen molar-refractivity contribution in [3.8, 4) is 5.82 Å². The molecule has 0 fully saturated rings. The number of hydrogen-bond donors (Lipinski definition) is 1.